The molecule has 1 aromatic carbocycles. The van der Waals surface area contributed by atoms with Gasteiger partial charge in [-0.2, -0.15) is 0 Å². The zero-order chi connectivity index (χ0) is 18.8. The minimum atomic E-state index is 0. The van der Waals surface area contributed by atoms with Crippen LogP contribution in [0.1, 0.15) is 37.3 Å². The number of aryl methyl sites for hydroxylation is 1. The van der Waals surface area contributed by atoms with Gasteiger partial charge in [-0.05, 0) is 46.0 Å². The number of hydrogen-bond acceptors (Lipinski definition) is 3. The van der Waals surface area contributed by atoms with Gasteiger partial charge in [0.2, 0.25) is 0 Å². The Morgan fingerprint density at radius 3 is 2.74 bits per heavy atom. The molecule has 154 valence electrons. The lowest BCUT2D eigenvalue weighted by Gasteiger charge is -2.21. The maximum atomic E-state index is 4.80. The quantitative estimate of drug-likeness (QED) is 0.353. The molecule has 0 saturated carbocycles. The second-order valence-corrected chi connectivity index (χ2v) is 7.46. The fourth-order valence-electron chi connectivity index (χ4n) is 3.31. The van der Waals surface area contributed by atoms with E-state index < -0.39 is 0 Å². The van der Waals surface area contributed by atoms with Crippen LogP contribution >= 0.6 is 24.0 Å². The summed E-state index contributed by atoms with van der Waals surface area (Å²) < 4.78 is 0. The number of guanidine groups is 1. The largest absolute Gasteiger partial charge is 0.357 e. The number of hydrogen-bond donors (Lipinski definition) is 2. The van der Waals surface area contributed by atoms with Crippen LogP contribution in [0, 0.1) is 6.92 Å². The summed E-state index contributed by atoms with van der Waals surface area (Å²) >= 11 is 0. The van der Waals surface area contributed by atoms with E-state index in [1.807, 2.05) is 0 Å². The van der Waals surface area contributed by atoms with Crippen LogP contribution in [0.5, 0.6) is 0 Å². The number of aliphatic imine (C=N–C) groups is 1. The minimum absolute atomic E-state index is 0. The van der Waals surface area contributed by atoms with Crippen molar-refractivity contribution in [3.8, 4) is 0 Å². The maximum absolute atomic E-state index is 4.80. The van der Waals surface area contributed by atoms with Crippen molar-refractivity contribution >= 4 is 29.9 Å². The molecule has 1 fully saturated rings. The molecule has 27 heavy (non-hydrogen) atoms. The van der Waals surface area contributed by atoms with Crippen LogP contribution in [0.25, 0.3) is 0 Å². The van der Waals surface area contributed by atoms with Gasteiger partial charge in [0.05, 0.1) is 0 Å². The number of nitrogens with one attached hydrogen (secondary N) is 2. The smallest absolute Gasteiger partial charge is 0.191 e. The fraction of sp³-hybridized carbons (Fsp3) is 0.667. The average molecular weight is 487 g/mol. The Labute approximate surface area is 183 Å². The Morgan fingerprint density at radius 1 is 1.19 bits per heavy atom. The predicted molar refractivity (Wildman–Crippen MR) is 128 cm³/mol. The van der Waals surface area contributed by atoms with Gasteiger partial charge in [-0.3, -0.25) is 4.99 Å². The molecule has 1 saturated heterocycles. The standard InChI is InChI=1S/C21H37N5.HI/c1-5-22-21(23-10-13-26-12-7-11-25(4)14-15-26)24-17-19(3)20-9-6-8-18(2)16-20;/h6,8-9,16,19H,5,7,10-15,17H2,1-4H3,(H2,22,23,24);1H. The second-order valence-electron chi connectivity index (χ2n) is 7.46. The molecule has 0 amide bonds. The summed E-state index contributed by atoms with van der Waals surface area (Å²) in [5, 5.41) is 6.87. The van der Waals surface area contributed by atoms with Crippen molar-refractivity contribution in [1.29, 1.82) is 0 Å². The van der Waals surface area contributed by atoms with Crippen LogP contribution in [-0.4, -0.2) is 75.2 Å². The maximum Gasteiger partial charge on any atom is 0.191 e. The van der Waals surface area contributed by atoms with Crippen molar-refractivity contribution in [1.82, 2.24) is 20.4 Å². The van der Waals surface area contributed by atoms with Crippen molar-refractivity contribution in [2.45, 2.75) is 33.1 Å². The SMILES string of the molecule is CCNC(=NCC(C)c1cccc(C)c1)NCCN1CCCN(C)CC1.I. The van der Waals surface area contributed by atoms with Gasteiger partial charge in [-0.1, -0.05) is 36.8 Å². The lowest BCUT2D eigenvalue weighted by atomic mass is 10.00. The molecule has 1 atom stereocenters. The third kappa shape index (κ3) is 9.25. The predicted octanol–water partition coefficient (Wildman–Crippen LogP) is 2.91. The minimum Gasteiger partial charge on any atom is -0.357 e. The van der Waals surface area contributed by atoms with Gasteiger partial charge >= 0.3 is 0 Å². The highest BCUT2D eigenvalue weighted by molar-refractivity contribution is 14.0. The van der Waals surface area contributed by atoms with E-state index in [2.05, 4.69) is 72.5 Å². The number of nitrogens with zero attached hydrogens (tertiary/aromatic N) is 3. The van der Waals surface area contributed by atoms with Gasteiger partial charge in [0.1, 0.15) is 0 Å². The van der Waals surface area contributed by atoms with Gasteiger partial charge in [0.25, 0.3) is 0 Å². The Kier molecular flexibility index (Phi) is 11.9. The van der Waals surface area contributed by atoms with Gasteiger partial charge in [0, 0.05) is 45.2 Å². The summed E-state index contributed by atoms with van der Waals surface area (Å²) in [6, 6.07) is 8.74. The first-order valence-electron chi connectivity index (χ1n) is 10.1. The van der Waals surface area contributed by atoms with E-state index in [4.69, 9.17) is 4.99 Å². The van der Waals surface area contributed by atoms with Crippen LogP contribution in [0.3, 0.4) is 0 Å². The number of halogens is 1. The van der Waals surface area contributed by atoms with Gasteiger partial charge in [0.15, 0.2) is 5.96 Å². The van der Waals surface area contributed by atoms with E-state index >= 15 is 0 Å². The highest BCUT2D eigenvalue weighted by Crippen LogP contribution is 2.16. The van der Waals surface area contributed by atoms with Crippen LogP contribution in [0.2, 0.25) is 0 Å². The Bertz CT molecular complexity index is 563. The van der Waals surface area contributed by atoms with Crippen molar-refractivity contribution in [3.63, 3.8) is 0 Å². The van der Waals surface area contributed by atoms with Crippen molar-refractivity contribution in [3.05, 3.63) is 35.4 Å². The molecule has 2 rings (SSSR count). The van der Waals surface area contributed by atoms with Gasteiger partial charge in [-0.15, -0.1) is 24.0 Å². The number of rotatable bonds is 7. The van der Waals surface area contributed by atoms with Crippen LogP contribution in [0.15, 0.2) is 29.3 Å². The average Bonchev–Trinajstić information content (AvgIpc) is 2.83. The Hall–Kier alpha value is -0.860. The van der Waals surface area contributed by atoms with Crippen LogP contribution < -0.4 is 10.6 Å². The van der Waals surface area contributed by atoms with Gasteiger partial charge < -0.3 is 20.4 Å². The first-order valence-corrected chi connectivity index (χ1v) is 10.1. The van der Waals surface area contributed by atoms with E-state index in [0.29, 0.717) is 5.92 Å². The second kappa shape index (κ2) is 13.3. The summed E-state index contributed by atoms with van der Waals surface area (Å²) in [5.74, 6) is 1.35. The number of likely N-dealkylation sites (N-methyl/N-ethyl adjacent to an activating group) is 1. The third-order valence-electron chi connectivity index (χ3n) is 5.01. The van der Waals surface area contributed by atoms with E-state index in [9.17, 15) is 0 Å². The van der Waals surface area contributed by atoms with E-state index in [-0.39, 0.29) is 24.0 Å². The molecule has 0 radical (unpaired) electrons. The van der Waals surface area contributed by atoms with E-state index in [0.717, 1.165) is 38.7 Å². The molecular formula is C21H38IN5. The molecule has 6 heteroatoms. The summed E-state index contributed by atoms with van der Waals surface area (Å²) in [7, 11) is 2.22. The highest BCUT2D eigenvalue weighted by Gasteiger charge is 2.11. The van der Waals surface area contributed by atoms with E-state index in [1.165, 1.54) is 37.2 Å². The monoisotopic (exact) mass is 487 g/mol. The molecule has 1 aliphatic heterocycles. The summed E-state index contributed by atoms with van der Waals surface area (Å²) in [6.07, 6.45) is 1.26. The van der Waals surface area contributed by atoms with Crippen molar-refractivity contribution in [2.24, 2.45) is 4.99 Å². The van der Waals surface area contributed by atoms with Crippen molar-refractivity contribution < 1.29 is 0 Å². The first kappa shape index (κ1) is 24.2. The first-order chi connectivity index (χ1) is 12.6. The fourth-order valence-corrected chi connectivity index (χ4v) is 3.31. The zero-order valence-corrected chi connectivity index (χ0v) is 19.8. The molecule has 1 aromatic rings. The normalized spacial score (nSPS) is 17.7. The molecule has 0 aliphatic carbocycles. The molecular weight excluding hydrogens is 449 g/mol. The molecule has 0 aromatic heterocycles. The number of benzene rings is 1. The zero-order valence-electron chi connectivity index (χ0n) is 17.5. The molecule has 0 spiro atoms. The lowest BCUT2D eigenvalue weighted by Crippen LogP contribution is -2.42. The summed E-state index contributed by atoms with van der Waals surface area (Å²) in [4.78, 5) is 9.77. The molecule has 1 unspecified atom stereocenters. The topological polar surface area (TPSA) is 42.9 Å². The summed E-state index contributed by atoms with van der Waals surface area (Å²) in [6.45, 7) is 15.0. The molecule has 1 aliphatic rings. The Morgan fingerprint density at radius 2 is 2.00 bits per heavy atom. The molecule has 2 N–H and O–H groups in total. The summed E-state index contributed by atoms with van der Waals surface area (Å²) in [5.41, 5.74) is 2.67. The third-order valence-corrected chi connectivity index (χ3v) is 5.01. The molecule has 5 nitrogen and oxygen atoms in total. The molecule has 1 heterocycles. The van der Waals surface area contributed by atoms with E-state index in [1.54, 1.807) is 0 Å². The Balaban J connectivity index is 0.00000364. The lowest BCUT2D eigenvalue weighted by molar-refractivity contribution is 0.280. The van der Waals surface area contributed by atoms with Crippen LogP contribution in [0.4, 0.5) is 0 Å². The van der Waals surface area contributed by atoms with Crippen molar-refractivity contribution in [2.75, 3.05) is 59.4 Å². The van der Waals surface area contributed by atoms with Gasteiger partial charge in [-0.25, -0.2) is 0 Å². The van der Waals surface area contributed by atoms with Crippen LogP contribution in [-0.2, 0) is 0 Å². The molecule has 0 bridgehead atoms. The highest BCUT2D eigenvalue weighted by atomic mass is 127.